The molecule has 1 aromatic carbocycles. The molecule has 0 spiro atoms. The quantitative estimate of drug-likeness (QED) is 0.257. The van der Waals surface area contributed by atoms with Crippen molar-refractivity contribution in [3.63, 3.8) is 0 Å². The minimum Gasteiger partial charge on any atom is -0.478 e. The van der Waals surface area contributed by atoms with Gasteiger partial charge in [-0.15, -0.1) is 34.0 Å². The lowest BCUT2D eigenvalue weighted by molar-refractivity contribution is 0.0686. The van der Waals surface area contributed by atoms with Crippen molar-refractivity contribution in [2.24, 2.45) is 0 Å². The van der Waals surface area contributed by atoms with Crippen LogP contribution in [0.4, 0.5) is 0 Å². The van der Waals surface area contributed by atoms with Gasteiger partial charge in [0.1, 0.15) is 0 Å². The fraction of sp³-hybridized carbons (Fsp3) is 0.100. The third-order valence-electron chi connectivity index (χ3n) is 5.37. The number of hydrogen-bond donors (Lipinski definition) is 3. The lowest BCUT2D eigenvalue weighted by Crippen LogP contribution is -1.94. The van der Waals surface area contributed by atoms with Gasteiger partial charge >= 0.3 is 17.9 Å². The Morgan fingerprint density at radius 3 is 0.949 bits per heavy atom. The number of benzene rings is 1. The Balaban J connectivity index is 1.75. The van der Waals surface area contributed by atoms with Crippen LogP contribution < -0.4 is 0 Å². The molecule has 0 fully saturated rings. The highest BCUT2D eigenvalue weighted by Gasteiger charge is 2.12. The second-order valence-electron chi connectivity index (χ2n) is 8.21. The number of hydrogen-bond acceptors (Lipinski definition) is 6. The second kappa shape index (κ2) is 11.4. The fourth-order valence-corrected chi connectivity index (χ4v) is 6.11. The topological polar surface area (TPSA) is 112 Å². The number of carboxylic acids is 3. The summed E-state index contributed by atoms with van der Waals surface area (Å²) >= 11 is 3.88. The van der Waals surface area contributed by atoms with Crippen LogP contribution in [-0.2, 0) is 0 Å². The standard InChI is InChI=1S/C30H18O6S3/c1-16-25(28(31)32)13-22(37-16)7-4-19-10-20(5-8-23-14-26(29(33)34)17(2)38-23)12-21(11-19)6-9-24-15-27(30(35)36)18(3)39-24/h10-15H,1-3H3,(H,31,32)(H,33,34)(H,35,36). The van der Waals surface area contributed by atoms with Gasteiger partial charge in [0.05, 0.1) is 31.3 Å². The number of carboxylic acid groups (broad SMARTS) is 3. The van der Waals surface area contributed by atoms with Crippen molar-refractivity contribution in [1.82, 2.24) is 0 Å². The van der Waals surface area contributed by atoms with Crippen LogP contribution in [0.15, 0.2) is 36.4 Å². The third kappa shape index (κ3) is 6.65. The predicted molar refractivity (Wildman–Crippen MR) is 152 cm³/mol. The molecular formula is C30H18O6S3. The molecule has 0 aliphatic heterocycles. The van der Waals surface area contributed by atoms with Crippen LogP contribution >= 0.6 is 34.0 Å². The van der Waals surface area contributed by atoms with E-state index in [9.17, 15) is 29.7 Å². The highest BCUT2D eigenvalue weighted by molar-refractivity contribution is 7.13. The van der Waals surface area contributed by atoms with Gasteiger partial charge in [0.25, 0.3) is 0 Å². The molecule has 0 aliphatic rings. The summed E-state index contributed by atoms with van der Waals surface area (Å²) in [7, 11) is 0. The van der Waals surface area contributed by atoms with Crippen LogP contribution in [0.3, 0.4) is 0 Å². The maximum atomic E-state index is 11.4. The molecule has 3 aromatic heterocycles. The number of rotatable bonds is 3. The van der Waals surface area contributed by atoms with Gasteiger partial charge in [0.15, 0.2) is 0 Å². The predicted octanol–water partition coefficient (Wildman–Crippen LogP) is 6.09. The molecule has 3 N–H and O–H groups in total. The monoisotopic (exact) mass is 570 g/mol. The zero-order chi connectivity index (χ0) is 28.3. The SMILES string of the molecule is Cc1sc(C#Cc2cc(C#Cc3cc(C(=O)O)c(C)s3)cc(C#Cc3cc(C(=O)O)c(C)s3)c2)cc1C(=O)O. The fourth-order valence-electron chi connectivity index (χ4n) is 3.51. The maximum absolute atomic E-state index is 11.4. The molecule has 0 amide bonds. The van der Waals surface area contributed by atoms with E-state index >= 15 is 0 Å². The molecule has 0 saturated carbocycles. The van der Waals surface area contributed by atoms with Crippen LogP contribution in [0.1, 0.15) is 77.0 Å². The molecule has 0 unspecified atom stereocenters. The first-order valence-electron chi connectivity index (χ1n) is 11.2. The smallest absolute Gasteiger partial charge is 0.336 e. The molecule has 4 aromatic rings. The van der Waals surface area contributed by atoms with E-state index in [0.717, 1.165) is 0 Å². The molecule has 6 nitrogen and oxygen atoms in total. The molecule has 3 heterocycles. The van der Waals surface area contributed by atoms with Crippen molar-refractivity contribution in [2.45, 2.75) is 20.8 Å². The summed E-state index contributed by atoms with van der Waals surface area (Å²) in [5.74, 6) is 15.2. The summed E-state index contributed by atoms with van der Waals surface area (Å²) in [6, 6.07) is 9.95. The molecule has 0 saturated heterocycles. The molecule has 0 aliphatic carbocycles. The maximum Gasteiger partial charge on any atom is 0.336 e. The Bertz CT molecular complexity index is 1620. The zero-order valence-electron chi connectivity index (χ0n) is 20.8. The second-order valence-corrected chi connectivity index (χ2v) is 12.0. The van der Waals surface area contributed by atoms with E-state index in [1.54, 1.807) is 39.0 Å². The Morgan fingerprint density at radius 1 is 0.487 bits per heavy atom. The van der Waals surface area contributed by atoms with Crippen molar-refractivity contribution in [3.8, 4) is 35.5 Å². The van der Waals surface area contributed by atoms with E-state index in [-0.39, 0.29) is 16.7 Å². The lowest BCUT2D eigenvalue weighted by atomic mass is 10.1. The first-order chi connectivity index (χ1) is 18.5. The molecule has 0 bridgehead atoms. The summed E-state index contributed by atoms with van der Waals surface area (Å²) < 4.78 is 0. The van der Waals surface area contributed by atoms with Crippen molar-refractivity contribution >= 4 is 51.9 Å². The van der Waals surface area contributed by atoms with E-state index in [0.29, 0.717) is 46.0 Å². The Hall–Kier alpha value is -4.59. The third-order valence-corrected chi connectivity index (χ3v) is 8.27. The van der Waals surface area contributed by atoms with Crippen LogP contribution in [0, 0.1) is 56.3 Å². The summed E-state index contributed by atoms with van der Waals surface area (Å²) in [6.07, 6.45) is 0. The lowest BCUT2D eigenvalue weighted by Gasteiger charge is -1.97. The molecule has 0 radical (unpaired) electrons. The van der Waals surface area contributed by atoms with Gasteiger partial charge in [0.2, 0.25) is 0 Å². The van der Waals surface area contributed by atoms with Gasteiger partial charge in [0, 0.05) is 31.3 Å². The molecule has 39 heavy (non-hydrogen) atoms. The molecular weight excluding hydrogens is 553 g/mol. The van der Waals surface area contributed by atoms with E-state index < -0.39 is 17.9 Å². The Kier molecular flexibility index (Phi) is 8.04. The van der Waals surface area contributed by atoms with E-state index in [1.807, 2.05) is 0 Å². The largest absolute Gasteiger partial charge is 0.478 e. The normalized spacial score (nSPS) is 9.92. The zero-order valence-corrected chi connectivity index (χ0v) is 23.2. The first-order valence-corrected chi connectivity index (χ1v) is 13.7. The van der Waals surface area contributed by atoms with Crippen LogP contribution in [0.25, 0.3) is 0 Å². The van der Waals surface area contributed by atoms with Gasteiger partial charge in [-0.25, -0.2) is 14.4 Å². The van der Waals surface area contributed by atoms with E-state index in [4.69, 9.17) is 0 Å². The average molecular weight is 571 g/mol. The van der Waals surface area contributed by atoms with Crippen molar-refractivity contribution in [2.75, 3.05) is 0 Å². The van der Waals surface area contributed by atoms with Crippen molar-refractivity contribution in [3.05, 3.63) is 99.0 Å². The van der Waals surface area contributed by atoms with Crippen LogP contribution in [-0.4, -0.2) is 33.2 Å². The molecule has 9 heteroatoms. The summed E-state index contributed by atoms with van der Waals surface area (Å²) in [4.78, 5) is 37.9. The molecule has 0 atom stereocenters. The van der Waals surface area contributed by atoms with Gasteiger partial charge in [-0.1, -0.05) is 35.5 Å². The number of aromatic carboxylic acids is 3. The van der Waals surface area contributed by atoms with Crippen LogP contribution in [0.5, 0.6) is 0 Å². The van der Waals surface area contributed by atoms with Crippen molar-refractivity contribution in [1.29, 1.82) is 0 Å². The summed E-state index contributed by atoms with van der Waals surface area (Å²) in [6.45, 7) is 5.19. The molecule has 192 valence electrons. The summed E-state index contributed by atoms with van der Waals surface area (Å²) in [5.41, 5.74) is 2.47. The number of aryl methyl sites for hydroxylation is 3. The number of thiophene rings is 3. The van der Waals surface area contributed by atoms with E-state index in [2.05, 4.69) is 35.5 Å². The molecule has 4 rings (SSSR count). The van der Waals surface area contributed by atoms with Gasteiger partial charge in [-0.05, 0) is 57.2 Å². The first kappa shape index (κ1) is 27.4. The van der Waals surface area contributed by atoms with Gasteiger partial charge in [-0.2, -0.15) is 0 Å². The van der Waals surface area contributed by atoms with Gasteiger partial charge < -0.3 is 15.3 Å². The minimum atomic E-state index is -1.00. The highest BCUT2D eigenvalue weighted by atomic mass is 32.1. The Labute approximate surface area is 236 Å². The van der Waals surface area contributed by atoms with Gasteiger partial charge in [-0.3, -0.25) is 0 Å². The van der Waals surface area contributed by atoms with Crippen molar-refractivity contribution < 1.29 is 29.7 Å². The Morgan fingerprint density at radius 2 is 0.744 bits per heavy atom. The van der Waals surface area contributed by atoms with E-state index in [1.165, 1.54) is 52.2 Å². The highest BCUT2D eigenvalue weighted by Crippen LogP contribution is 2.23. The van der Waals surface area contributed by atoms with Crippen LogP contribution in [0.2, 0.25) is 0 Å². The number of carbonyl (C=O) groups is 3. The summed E-state index contributed by atoms with van der Waals surface area (Å²) in [5, 5.41) is 27.9. The average Bonchev–Trinajstić information content (AvgIpc) is 3.56. The minimum absolute atomic E-state index is 0.217.